The van der Waals surface area contributed by atoms with E-state index in [1.807, 2.05) is 80.6 Å². The predicted molar refractivity (Wildman–Crippen MR) is 149 cm³/mol. The fraction of sp³-hybridized carbons (Fsp3) is 0.333. The number of carbonyl (C=O) groups is 2. The number of para-hydroxylation sites is 2. The Morgan fingerprint density at radius 2 is 1.71 bits per heavy atom. The first-order chi connectivity index (χ1) is 18.3. The molecule has 4 aromatic rings. The van der Waals surface area contributed by atoms with Crippen molar-refractivity contribution in [3.63, 3.8) is 0 Å². The van der Waals surface area contributed by atoms with Crippen LogP contribution in [0.2, 0.25) is 0 Å². The summed E-state index contributed by atoms with van der Waals surface area (Å²) in [7, 11) is 1.58. The van der Waals surface area contributed by atoms with Crippen LogP contribution in [0.25, 0.3) is 11.0 Å². The van der Waals surface area contributed by atoms with Gasteiger partial charge in [-0.25, -0.2) is 4.68 Å². The van der Waals surface area contributed by atoms with Gasteiger partial charge in [0.05, 0.1) is 18.3 Å². The molecule has 3 aromatic carbocycles. The molecule has 0 saturated carbocycles. The highest BCUT2D eigenvalue weighted by molar-refractivity contribution is 6.02. The van der Waals surface area contributed by atoms with Crippen LogP contribution in [0.15, 0.2) is 66.7 Å². The summed E-state index contributed by atoms with van der Waals surface area (Å²) < 4.78 is 7.05. The summed E-state index contributed by atoms with van der Waals surface area (Å²) in [5.41, 5.74) is 4.60. The van der Waals surface area contributed by atoms with Gasteiger partial charge in [0.2, 0.25) is 11.8 Å². The van der Waals surface area contributed by atoms with E-state index in [0.717, 1.165) is 23.1 Å². The Hall–Kier alpha value is -4.20. The van der Waals surface area contributed by atoms with Crippen LogP contribution in [0, 0.1) is 19.8 Å². The summed E-state index contributed by atoms with van der Waals surface area (Å²) >= 11 is 0. The minimum atomic E-state index is -0.917. The SMILES string of the molecule is COc1cccc([C@H](C(=O)NCCC(C)C)N(C(=O)Cn2nnc3ccccc32)c2c(C)cccc2C)c1. The molecule has 8 heteroatoms. The zero-order valence-corrected chi connectivity index (χ0v) is 22.6. The molecule has 1 atom stereocenters. The van der Waals surface area contributed by atoms with Gasteiger partial charge in [0.15, 0.2) is 0 Å². The van der Waals surface area contributed by atoms with E-state index in [1.165, 1.54) is 0 Å². The molecular formula is C30H35N5O3. The molecule has 1 N–H and O–H groups in total. The average molecular weight is 514 g/mol. The lowest BCUT2D eigenvalue weighted by Gasteiger charge is -2.34. The number of anilines is 1. The number of amides is 2. The number of ether oxygens (including phenoxy) is 1. The summed E-state index contributed by atoms with van der Waals surface area (Å²) in [5, 5.41) is 11.5. The quantitative estimate of drug-likeness (QED) is 0.323. The normalized spacial score (nSPS) is 11.9. The third-order valence-corrected chi connectivity index (χ3v) is 6.59. The van der Waals surface area contributed by atoms with Crippen LogP contribution < -0.4 is 15.0 Å². The number of aryl methyl sites for hydroxylation is 2. The summed E-state index contributed by atoms with van der Waals surface area (Å²) in [6, 6.07) is 19.8. The fourth-order valence-corrected chi connectivity index (χ4v) is 4.63. The minimum absolute atomic E-state index is 0.0754. The van der Waals surface area contributed by atoms with E-state index >= 15 is 0 Å². The third-order valence-electron chi connectivity index (χ3n) is 6.59. The molecule has 0 saturated heterocycles. The highest BCUT2D eigenvalue weighted by atomic mass is 16.5. The molecule has 0 aliphatic carbocycles. The van der Waals surface area contributed by atoms with E-state index in [0.29, 0.717) is 35.0 Å². The second-order valence-electron chi connectivity index (χ2n) is 9.89. The standard InChI is InChI=1S/C30H35N5O3/c1-20(2)16-17-31-30(37)29(23-12-9-13-24(18-23)38-5)35(28-21(3)10-8-11-22(28)4)27(36)19-34-26-15-7-6-14-25(26)32-33-34/h6-15,18,20,29H,16-17,19H2,1-5H3,(H,31,37)/t29-/m1/s1. The first-order valence-corrected chi connectivity index (χ1v) is 12.9. The number of rotatable bonds is 10. The maximum absolute atomic E-state index is 14.2. The van der Waals surface area contributed by atoms with Gasteiger partial charge in [-0.1, -0.05) is 61.5 Å². The molecule has 0 spiro atoms. The first-order valence-electron chi connectivity index (χ1n) is 12.9. The zero-order valence-electron chi connectivity index (χ0n) is 22.6. The second-order valence-corrected chi connectivity index (χ2v) is 9.89. The van der Waals surface area contributed by atoms with Gasteiger partial charge in [0, 0.05) is 6.54 Å². The van der Waals surface area contributed by atoms with E-state index < -0.39 is 6.04 Å². The van der Waals surface area contributed by atoms with E-state index in [9.17, 15) is 9.59 Å². The summed E-state index contributed by atoms with van der Waals surface area (Å²) in [4.78, 5) is 29.8. The number of benzene rings is 3. The monoisotopic (exact) mass is 513 g/mol. The van der Waals surface area contributed by atoms with E-state index in [4.69, 9.17) is 4.74 Å². The van der Waals surface area contributed by atoms with Crippen molar-refractivity contribution >= 4 is 28.5 Å². The highest BCUT2D eigenvalue weighted by Crippen LogP contribution is 2.34. The molecule has 0 unspecified atom stereocenters. The van der Waals surface area contributed by atoms with Crippen molar-refractivity contribution in [2.75, 3.05) is 18.6 Å². The molecule has 2 amide bonds. The van der Waals surface area contributed by atoms with Gasteiger partial charge in [-0.15, -0.1) is 5.10 Å². The fourth-order valence-electron chi connectivity index (χ4n) is 4.63. The van der Waals surface area contributed by atoms with Crippen molar-refractivity contribution in [1.82, 2.24) is 20.3 Å². The number of hydrogen-bond donors (Lipinski definition) is 1. The van der Waals surface area contributed by atoms with Crippen molar-refractivity contribution in [3.8, 4) is 5.75 Å². The molecule has 4 rings (SSSR count). The lowest BCUT2D eigenvalue weighted by molar-refractivity contribution is -0.127. The Bertz CT molecular complexity index is 1410. The van der Waals surface area contributed by atoms with Crippen LogP contribution in [0.3, 0.4) is 0 Å². The highest BCUT2D eigenvalue weighted by Gasteiger charge is 2.35. The molecule has 0 radical (unpaired) electrons. The third kappa shape index (κ3) is 5.85. The Labute approximate surface area is 223 Å². The van der Waals surface area contributed by atoms with Crippen molar-refractivity contribution in [2.24, 2.45) is 5.92 Å². The molecule has 198 valence electrons. The Balaban J connectivity index is 1.83. The largest absolute Gasteiger partial charge is 0.497 e. The predicted octanol–water partition coefficient (Wildman–Crippen LogP) is 4.99. The molecule has 1 heterocycles. The minimum Gasteiger partial charge on any atom is -0.497 e. The Morgan fingerprint density at radius 1 is 1.00 bits per heavy atom. The van der Waals surface area contributed by atoms with Crippen LogP contribution in [0.5, 0.6) is 5.75 Å². The zero-order chi connectivity index (χ0) is 27.2. The molecule has 0 bridgehead atoms. The van der Waals surface area contributed by atoms with Crippen molar-refractivity contribution < 1.29 is 14.3 Å². The summed E-state index contributed by atoms with van der Waals surface area (Å²) in [6.07, 6.45) is 0.832. The molecule has 8 nitrogen and oxygen atoms in total. The first kappa shape index (κ1) is 26.9. The van der Waals surface area contributed by atoms with Crippen molar-refractivity contribution in [2.45, 2.75) is 46.7 Å². The van der Waals surface area contributed by atoms with E-state index in [2.05, 4.69) is 29.5 Å². The van der Waals surface area contributed by atoms with Crippen molar-refractivity contribution in [1.29, 1.82) is 0 Å². The van der Waals surface area contributed by atoms with Crippen LogP contribution in [0.4, 0.5) is 5.69 Å². The van der Waals surface area contributed by atoms with Crippen LogP contribution in [0.1, 0.15) is 43.0 Å². The van der Waals surface area contributed by atoms with Gasteiger partial charge in [-0.2, -0.15) is 0 Å². The second kappa shape index (κ2) is 11.9. The average Bonchev–Trinajstić information content (AvgIpc) is 3.30. The van der Waals surface area contributed by atoms with Crippen LogP contribution in [-0.4, -0.2) is 40.5 Å². The molecule has 38 heavy (non-hydrogen) atoms. The smallest absolute Gasteiger partial charge is 0.249 e. The lowest BCUT2D eigenvalue weighted by Crippen LogP contribution is -2.46. The van der Waals surface area contributed by atoms with Gasteiger partial charge in [0.1, 0.15) is 23.9 Å². The maximum atomic E-state index is 14.2. The number of nitrogens with one attached hydrogen (secondary N) is 1. The van der Waals surface area contributed by atoms with Gasteiger partial charge in [-0.3, -0.25) is 14.5 Å². The van der Waals surface area contributed by atoms with Gasteiger partial charge in [-0.05, 0) is 67.1 Å². The van der Waals surface area contributed by atoms with Gasteiger partial charge in [0.25, 0.3) is 0 Å². The van der Waals surface area contributed by atoms with Crippen molar-refractivity contribution in [3.05, 3.63) is 83.4 Å². The molecular weight excluding hydrogens is 478 g/mol. The van der Waals surface area contributed by atoms with E-state index in [1.54, 1.807) is 16.7 Å². The number of carbonyl (C=O) groups excluding carboxylic acids is 2. The van der Waals surface area contributed by atoms with Gasteiger partial charge >= 0.3 is 0 Å². The lowest BCUT2D eigenvalue weighted by atomic mass is 9.99. The number of methoxy groups -OCH3 is 1. The summed E-state index contributed by atoms with van der Waals surface area (Å²) in [6.45, 7) is 8.56. The number of nitrogens with zero attached hydrogens (tertiary/aromatic N) is 4. The van der Waals surface area contributed by atoms with E-state index in [-0.39, 0.29) is 18.4 Å². The molecule has 0 fully saturated rings. The maximum Gasteiger partial charge on any atom is 0.249 e. The number of aromatic nitrogens is 3. The Kier molecular flexibility index (Phi) is 8.41. The molecule has 0 aliphatic heterocycles. The van der Waals surface area contributed by atoms with Crippen LogP contribution in [-0.2, 0) is 16.1 Å². The van der Waals surface area contributed by atoms with Gasteiger partial charge < -0.3 is 10.1 Å². The molecule has 1 aromatic heterocycles. The van der Waals surface area contributed by atoms with Crippen LogP contribution >= 0.6 is 0 Å². The summed E-state index contributed by atoms with van der Waals surface area (Å²) in [5.74, 6) is 0.518. The number of fused-ring (bicyclic) bond motifs is 1. The number of hydrogen-bond acceptors (Lipinski definition) is 5. The topological polar surface area (TPSA) is 89.4 Å². The molecule has 0 aliphatic rings. The Morgan fingerprint density at radius 3 is 2.42 bits per heavy atom.